The molecule has 8 heteroatoms. The highest BCUT2D eigenvalue weighted by atomic mass is 32.1. The zero-order chi connectivity index (χ0) is 21.5. The van der Waals surface area contributed by atoms with Crippen LogP contribution in [0.25, 0.3) is 0 Å². The standard InChI is InChI=1S/C22H23FN4O2S/c1-26(2)12-11-24-20(28)17-8-4-3-7-16(17)15-27-13-14-30-22(27)25-21(29)18-9-5-6-10-19(18)23/h3-10,13-14H,11-12,15H2,1-2H3,(H,24,28). The summed E-state index contributed by atoms with van der Waals surface area (Å²) in [7, 11) is 3.89. The molecule has 0 radical (unpaired) electrons. The molecule has 0 saturated carbocycles. The van der Waals surface area contributed by atoms with Gasteiger partial charge >= 0.3 is 0 Å². The molecule has 0 aliphatic heterocycles. The van der Waals surface area contributed by atoms with Crippen molar-refractivity contribution in [3.8, 4) is 0 Å². The van der Waals surface area contributed by atoms with Gasteiger partial charge in [-0.1, -0.05) is 30.3 Å². The number of halogens is 1. The van der Waals surface area contributed by atoms with E-state index in [1.165, 1.54) is 29.5 Å². The van der Waals surface area contributed by atoms with Crippen molar-refractivity contribution in [2.45, 2.75) is 6.54 Å². The van der Waals surface area contributed by atoms with Crippen LogP contribution in [0.2, 0.25) is 0 Å². The highest BCUT2D eigenvalue weighted by Crippen LogP contribution is 2.11. The molecule has 0 aliphatic carbocycles. The Labute approximate surface area is 178 Å². The van der Waals surface area contributed by atoms with Crippen LogP contribution in [0.15, 0.2) is 65.1 Å². The van der Waals surface area contributed by atoms with Crippen LogP contribution in [0.5, 0.6) is 0 Å². The van der Waals surface area contributed by atoms with Crippen molar-refractivity contribution in [3.63, 3.8) is 0 Å². The average molecular weight is 427 g/mol. The van der Waals surface area contributed by atoms with Gasteiger partial charge in [-0.25, -0.2) is 4.39 Å². The van der Waals surface area contributed by atoms with E-state index in [4.69, 9.17) is 0 Å². The van der Waals surface area contributed by atoms with Crippen LogP contribution in [0.4, 0.5) is 4.39 Å². The number of likely N-dealkylation sites (N-methyl/N-ethyl adjacent to an activating group) is 1. The van der Waals surface area contributed by atoms with Gasteiger partial charge in [0.1, 0.15) is 5.82 Å². The minimum atomic E-state index is -0.640. The summed E-state index contributed by atoms with van der Waals surface area (Å²) in [5.74, 6) is -1.39. The van der Waals surface area contributed by atoms with E-state index in [1.807, 2.05) is 37.2 Å². The third kappa shape index (κ3) is 5.49. The first-order valence-electron chi connectivity index (χ1n) is 9.44. The molecule has 2 aromatic carbocycles. The van der Waals surface area contributed by atoms with E-state index >= 15 is 0 Å². The third-order valence-corrected chi connectivity index (χ3v) is 5.20. The fourth-order valence-corrected chi connectivity index (χ4v) is 3.57. The Morgan fingerprint density at radius 1 is 1.10 bits per heavy atom. The van der Waals surface area contributed by atoms with E-state index in [0.717, 1.165) is 12.1 Å². The lowest BCUT2D eigenvalue weighted by atomic mass is 10.1. The molecule has 3 rings (SSSR count). The Bertz CT molecular complexity index is 1100. The lowest BCUT2D eigenvalue weighted by molar-refractivity contribution is 0.0948. The first-order valence-corrected chi connectivity index (χ1v) is 10.3. The summed E-state index contributed by atoms with van der Waals surface area (Å²) < 4.78 is 15.7. The van der Waals surface area contributed by atoms with Crippen molar-refractivity contribution < 1.29 is 14.0 Å². The van der Waals surface area contributed by atoms with Gasteiger partial charge in [0.2, 0.25) is 0 Å². The van der Waals surface area contributed by atoms with Crippen molar-refractivity contribution in [2.24, 2.45) is 4.99 Å². The van der Waals surface area contributed by atoms with Crippen LogP contribution < -0.4 is 10.1 Å². The molecule has 0 fully saturated rings. The summed E-state index contributed by atoms with van der Waals surface area (Å²) in [5.41, 5.74) is 1.30. The molecular formula is C22H23FN4O2S. The van der Waals surface area contributed by atoms with E-state index in [1.54, 1.807) is 28.3 Å². The van der Waals surface area contributed by atoms with Crippen LogP contribution in [0.1, 0.15) is 26.3 Å². The first-order chi connectivity index (χ1) is 14.5. The Hall–Kier alpha value is -3.10. The number of thiazole rings is 1. The SMILES string of the molecule is CN(C)CCNC(=O)c1ccccc1Cn1ccsc1=NC(=O)c1ccccc1F. The highest BCUT2D eigenvalue weighted by molar-refractivity contribution is 7.07. The number of nitrogens with one attached hydrogen (secondary N) is 1. The molecule has 2 amide bonds. The molecule has 0 saturated heterocycles. The lowest BCUT2D eigenvalue weighted by Gasteiger charge is -2.13. The average Bonchev–Trinajstić information content (AvgIpc) is 3.14. The number of rotatable bonds is 7. The number of amides is 2. The Kier molecular flexibility index (Phi) is 7.26. The van der Waals surface area contributed by atoms with Gasteiger partial charge in [0, 0.05) is 30.2 Å². The van der Waals surface area contributed by atoms with Gasteiger partial charge in [0.05, 0.1) is 12.1 Å². The minimum absolute atomic E-state index is 0.0712. The van der Waals surface area contributed by atoms with Crippen molar-refractivity contribution >= 4 is 23.2 Å². The maximum Gasteiger partial charge on any atom is 0.282 e. The normalized spacial score (nSPS) is 11.7. The van der Waals surface area contributed by atoms with E-state index in [-0.39, 0.29) is 11.5 Å². The Balaban J connectivity index is 1.82. The summed E-state index contributed by atoms with van der Waals surface area (Å²) in [6.07, 6.45) is 1.79. The summed E-state index contributed by atoms with van der Waals surface area (Å²) >= 11 is 1.28. The quantitative estimate of drug-likeness (QED) is 0.632. The molecule has 0 aliphatic rings. The summed E-state index contributed by atoms with van der Waals surface area (Å²) in [5, 5.41) is 4.72. The molecule has 0 unspecified atom stereocenters. The number of nitrogens with zero attached hydrogens (tertiary/aromatic N) is 3. The van der Waals surface area contributed by atoms with Gasteiger partial charge < -0.3 is 14.8 Å². The van der Waals surface area contributed by atoms with Crippen molar-refractivity contribution in [3.05, 3.63) is 87.4 Å². The second-order valence-corrected chi connectivity index (χ2v) is 7.80. The van der Waals surface area contributed by atoms with Gasteiger partial charge in [-0.05, 0) is 37.9 Å². The van der Waals surface area contributed by atoms with Gasteiger partial charge in [-0.15, -0.1) is 11.3 Å². The van der Waals surface area contributed by atoms with Crippen molar-refractivity contribution in [2.75, 3.05) is 27.2 Å². The molecule has 1 aromatic heterocycles. The van der Waals surface area contributed by atoms with Gasteiger partial charge in [0.15, 0.2) is 4.80 Å². The molecule has 6 nitrogen and oxygen atoms in total. The maximum absolute atomic E-state index is 13.9. The Morgan fingerprint density at radius 2 is 1.80 bits per heavy atom. The number of carbonyl (C=O) groups excluding carboxylic acids is 2. The molecule has 0 spiro atoms. The molecule has 156 valence electrons. The summed E-state index contributed by atoms with van der Waals surface area (Å²) in [6, 6.07) is 13.1. The zero-order valence-electron chi connectivity index (χ0n) is 16.8. The third-order valence-electron chi connectivity index (χ3n) is 4.41. The fraction of sp³-hybridized carbons (Fsp3) is 0.227. The van der Waals surface area contributed by atoms with E-state index in [9.17, 15) is 14.0 Å². The predicted molar refractivity (Wildman–Crippen MR) is 115 cm³/mol. The molecule has 30 heavy (non-hydrogen) atoms. The molecule has 0 atom stereocenters. The number of hydrogen-bond donors (Lipinski definition) is 1. The van der Waals surface area contributed by atoms with Crippen molar-refractivity contribution in [1.29, 1.82) is 0 Å². The predicted octanol–water partition coefficient (Wildman–Crippen LogP) is 2.77. The van der Waals surface area contributed by atoms with Crippen molar-refractivity contribution in [1.82, 2.24) is 14.8 Å². The lowest BCUT2D eigenvalue weighted by Crippen LogP contribution is -2.32. The molecule has 1 heterocycles. The second kappa shape index (κ2) is 10.1. The number of aromatic nitrogens is 1. The van der Waals surface area contributed by atoms with E-state index < -0.39 is 11.7 Å². The monoisotopic (exact) mass is 426 g/mol. The van der Waals surface area contributed by atoms with E-state index in [0.29, 0.717) is 23.5 Å². The maximum atomic E-state index is 13.9. The minimum Gasteiger partial charge on any atom is -0.351 e. The summed E-state index contributed by atoms with van der Waals surface area (Å²) in [6.45, 7) is 1.65. The number of hydrogen-bond acceptors (Lipinski definition) is 4. The summed E-state index contributed by atoms with van der Waals surface area (Å²) in [4.78, 5) is 31.5. The number of benzene rings is 2. The smallest absolute Gasteiger partial charge is 0.282 e. The fourth-order valence-electron chi connectivity index (χ4n) is 2.84. The van der Waals surface area contributed by atoms with Gasteiger partial charge in [-0.2, -0.15) is 4.99 Å². The van der Waals surface area contributed by atoms with E-state index in [2.05, 4.69) is 10.3 Å². The van der Waals surface area contributed by atoms with Gasteiger partial charge in [0.25, 0.3) is 11.8 Å². The Morgan fingerprint density at radius 3 is 2.53 bits per heavy atom. The molecule has 3 aromatic rings. The topological polar surface area (TPSA) is 66.7 Å². The number of carbonyl (C=O) groups is 2. The van der Waals surface area contributed by atoms with Crippen LogP contribution in [-0.4, -0.2) is 48.5 Å². The second-order valence-electron chi connectivity index (χ2n) is 6.93. The van der Waals surface area contributed by atoms with Crippen LogP contribution in [0, 0.1) is 5.82 Å². The highest BCUT2D eigenvalue weighted by Gasteiger charge is 2.13. The molecule has 0 bridgehead atoms. The molecule has 1 N–H and O–H groups in total. The van der Waals surface area contributed by atoms with Crippen LogP contribution >= 0.6 is 11.3 Å². The van der Waals surface area contributed by atoms with Crippen LogP contribution in [0.3, 0.4) is 0 Å². The van der Waals surface area contributed by atoms with Crippen LogP contribution in [-0.2, 0) is 6.54 Å². The first kappa shape index (κ1) is 21.6. The van der Waals surface area contributed by atoms with Gasteiger partial charge in [-0.3, -0.25) is 9.59 Å². The zero-order valence-corrected chi connectivity index (χ0v) is 17.7. The molecular weight excluding hydrogens is 403 g/mol. The largest absolute Gasteiger partial charge is 0.351 e.